The zero-order valence-corrected chi connectivity index (χ0v) is 17.8. The maximum absolute atomic E-state index is 13.4. The Hall–Kier alpha value is -1.48. The predicted molar refractivity (Wildman–Crippen MR) is 111 cm³/mol. The first kappa shape index (κ1) is 19.8. The summed E-state index contributed by atoms with van der Waals surface area (Å²) in [7, 11) is 3.90. The van der Waals surface area contributed by atoms with Gasteiger partial charge in [-0.1, -0.05) is 6.42 Å². The molecule has 1 atom stereocenters. The van der Waals surface area contributed by atoms with E-state index in [1.54, 1.807) is 18.4 Å². The van der Waals surface area contributed by atoms with Crippen LogP contribution in [-0.4, -0.2) is 89.5 Å². The van der Waals surface area contributed by atoms with Crippen LogP contribution in [0.5, 0.6) is 0 Å². The fraction of sp³-hybridized carbons (Fsp3) is 0.700. The Morgan fingerprint density at radius 2 is 2.11 bits per heavy atom. The van der Waals surface area contributed by atoms with Gasteiger partial charge in [-0.2, -0.15) is 0 Å². The highest BCUT2D eigenvalue weighted by atomic mass is 32.1. The molecule has 2 fully saturated rings. The predicted octanol–water partition coefficient (Wildman–Crippen LogP) is 2.17. The highest BCUT2D eigenvalue weighted by Gasteiger charge is 2.29. The van der Waals surface area contributed by atoms with E-state index >= 15 is 0 Å². The van der Waals surface area contributed by atoms with Gasteiger partial charge in [0.25, 0.3) is 5.91 Å². The van der Waals surface area contributed by atoms with Crippen LogP contribution in [0.15, 0.2) is 11.6 Å². The number of carbonyl (C=O) groups is 1. The molecule has 0 saturated carbocycles. The van der Waals surface area contributed by atoms with Crippen LogP contribution in [0.1, 0.15) is 41.9 Å². The second-order valence-corrected chi connectivity index (χ2v) is 8.86. The summed E-state index contributed by atoms with van der Waals surface area (Å²) in [5.41, 5.74) is 1.67. The van der Waals surface area contributed by atoms with E-state index in [4.69, 9.17) is 9.72 Å². The minimum atomic E-state index is 0.0847. The largest absolute Gasteiger partial charge is 0.383 e. The number of hydrogen-bond donors (Lipinski definition) is 0. The number of rotatable bonds is 5. The van der Waals surface area contributed by atoms with Crippen molar-refractivity contribution in [1.82, 2.24) is 24.1 Å². The Balaban J connectivity index is 1.60. The quantitative estimate of drug-likeness (QED) is 0.763. The number of likely N-dealkylation sites (tertiary alicyclic amines) is 1. The van der Waals surface area contributed by atoms with Crippen LogP contribution < -0.4 is 0 Å². The molecule has 0 aromatic carbocycles. The van der Waals surface area contributed by atoms with Crippen molar-refractivity contribution in [2.45, 2.75) is 38.3 Å². The third kappa shape index (κ3) is 4.10. The Morgan fingerprint density at radius 3 is 2.96 bits per heavy atom. The second kappa shape index (κ2) is 8.90. The summed E-state index contributed by atoms with van der Waals surface area (Å²) in [6, 6.07) is 0.415. The number of imidazole rings is 1. The van der Waals surface area contributed by atoms with Crippen molar-refractivity contribution in [2.24, 2.45) is 0 Å². The molecule has 8 heteroatoms. The van der Waals surface area contributed by atoms with Crippen molar-refractivity contribution in [3.63, 3.8) is 0 Å². The summed E-state index contributed by atoms with van der Waals surface area (Å²) in [5.74, 6) is 0.0847. The van der Waals surface area contributed by atoms with Crippen molar-refractivity contribution < 1.29 is 9.53 Å². The maximum atomic E-state index is 13.4. The van der Waals surface area contributed by atoms with Crippen LogP contribution in [0.2, 0.25) is 0 Å². The molecule has 28 heavy (non-hydrogen) atoms. The third-order valence-corrected chi connectivity index (χ3v) is 6.79. The summed E-state index contributed by atoms with van der Waals surface area (Å²) < 4.78 is 7.57. The molecule has 2 aliphatic rings. The summed E-state index contributed by atoms with van der Waals surface area (Å²) >= 11 is 1.59. The Bertz CT molecular complexity index is 802. The van der Waals surface area contributed by atoms with Crippen molar-refractivity contribution in [1.29, 1.82) is 0 Å². The van der Waals surface area contributed by atoms with Crippen LogP contribution in [-0.2, 0) is 11.3 Å². The number of carbonyl (C=O) groups excluding carboxylic acids is 1. The van der Waals surface area contributed by atoms with Gasteiger partial charge >= 0.3 is 0 Å². The number of piperidine rings is 1. The number of methoxy groups -OCH3 is 1. The molecule has 2 aromatic heterocycles. The Kier molecular flexibility index (Phi) is 6.30. The zero-order chi connectivity index (χ0) is 19.5. The summed E-state index contributed by atoms with van der Waals surface area (Å²) in [5, 5.41) is 2.05. The molecule has 0 bridgehead atoms. The number of aromatic nitrogens is 2. The molecular weight excluding hydrogens is 374 g/mol. The van der Waals surface area contributed by atoms with E-state index in [2.05, 4.69) is 21.2 Å². The molecule has 0 N–H and O–H groups in total. The minimum Gasteiger partial charge on any atom is -0.383 e. The third-order valence-electron chi connectivity index (χ3n) is 6.03. The number of nitrogens with zero attached hydrogens (tertiary/aromatic N) is 5. The fourth-order valence-electron chi connectivity index (χ4n) is 4.40. The van der Waals surface area contributed by atoms with Gasteiger partial charge in [-0.25, -0.2) is 4.98 Å². The van der Waals surface area contributed by atoms with Gasteiger partial charge in [-0.3, -0.25) is 14.1 Å². The van der Waals surface area contributed by atoms with Gasteiger partial charge in [0.1, 0.15) is 0 Å². The van der Waals surface area contributed by atoms with Gasteiger partial charge in [0.2, 0.25) is 0 Å². The van der Waals surface area contributed by atoms with Crippen molar-refractivity contribution in [3.8, 4) is 0 Å². The average Bonchev–Trinajstić information content (AvgIpc) is 3.21. The van der Waals surface area contributed by atoms with Gasteiger partial charge in [0, 0.05) is 50.9 Å². The minimum absolute atomic E-state index is 0.0847. The molecule has 2 aliphatic heterocycles. The van der Waals surface area contributed by atoms with Gasteiger partial charge in [0.15, 0.2) is 10.7 Å². The van der Waals surface area contributed by atoms with Crippen LogP contribution in [0.3, 0.4) is 0 Å². The van der Waals surface area contributed by atoms with Crippen LogP contribution in [0, 0.1) is 0 Å². The molecule has 154 valence electrons. The van der Waals surface area contributed by atoms with Crippen molar-refractivity contribution >= 4 is 22.2 Å². The van der Waals surface area contributed by atoms with E-state index in [1.165, 1.54) is 12.8 Å². The lowest BCUT2D eigenvalue weighted by Gasteiger charge is -2.35. The van der Waals surface area contributed by atoms with Gasteiger partial charge in [0.05, 0.1) is 12.3 Å². The molecule has 1 amide bonds. The highest BCUT2D eigenvalue weighted by Crippen LogP contribution is 2.25. The highest BCUT2D eigenvalue weighted by molar-refractivity contribution is 7.15. The molecule has 4 rings (SSSR count). The molecule has 2 aromatic rings. The monoisotopic (exact) mass is 405 g/mol. The van der Waals surface area contributed by atoms with Crippen LogP contribution in [0.4, 0.5) is 0 Å². The number of ether oxygens (including phenoxy) is 1. The lowest BCUT2D eigenvalue weighted by atomic mass is 10.0. The molecule has 4 heterocycles. The lowest BCUT2D eigenvalue weighted by Crippen LogP contribution is -2.42. The Morgan fingerprint density at radius 1 is 1.21 bits per heavy atom. The van der Waals surface area contributed by atoms with Crippen LogP contribution >= 0.6 is 11.3 Å². The molecule has 0 spiro atoms. The Labute approximate surface area is 170 Å². The van der Waals surface area contributed by atoms with Crippen molar-refractivity contribution in [3.05, 3.63) is 23.0 Å². The zero-order valence-electron chi connectivity index (χ0n) is 17.0. The van der Waals surface area contributed by atoms with E-state index < -0.39 is 0 Å². The molecule has 1 unspecified atom stereocenters. The first-order chi connectivity index (χ1) is 13.7. The first-order valence-electron chi connectivity index (χ1n) is 10.3. The summed E-state index contributed by atoms with van der Waals surface area (Å²) in [6.07, 6.45) is 6.67. The average molecular weight is 406 g/mol. The van der Waals surface area contributed by atoms with Gasteiger partial charge < -0.3 is 14.5 Å². The topological polar surface area (TPSA) is 53.3 Å². The van der Waals surface area contributed by atoms with Gasteiger partial charge in [-0.15, -0.1) is 11.3 Å². The molecule has 2 saturated heterocycles. The molecule has 7 nitrogen and oxygen atoms in total. The lowest BCUT2D eigenvalue weighted by molar-refractivity contribution is 0.0582. The van der Waals surface area contributed by atoms with Crippen LogP contribution in [0.25, 0.3) is 4.96 Å². The number of fused-ring (bicyclic) bond motifs is 1. The molecular formula is C20H31N5O2S. The van der Waals surface area contributed by atoms with E-state index in [-0.39, 0.29) is 5.91 Å². The molecule has 0 aliphatic carbocycles. The van der Waals surface area contributed by atoms with Gasteiger partial charge in [-0.05, 0) is 39.4 Å². The van der Waals surface area contributed by atoms with E-state index in [9.17, 15) is 4.79 Å². The standard InChI is InChI=1S/C20H31N5O2S/c1-22-7-5-9-23(11-10-22)19(26)18-17(25-12-13-28-20(25)21-18)14-24-8-4-3-6-16(24)15-27-2/h12-13,16H,3-11,14-15H2,1-2H3. The number of amides is 1. The number of hydrogen-bond acceptors (Lipinski definition) is 6. The maximum Gasteiger partial charge on any atom is 0.274 e. The number of likely N-dealkylation sites (N-methyl/N-ethyl adjacent to an activating group) is 1. The SMILES string of the molecule is COCC1CCCCN1Cc1c(C(=O)N2CCCN(C)CC2)nc2sccn12. The molecule has 0 radical (unpaired) electrons. The summed E-state index contributed by atoms with van der Waals surface area (Å²) in [4.78, 5) is 25.8. The van der Waals surface area contributed by atoms with E-state index in [0.717, 1.165) is 69.4 Å². The van der Waals surface area contributed by atoms with E-state index in [0.29, 0.717) is 11.7 Å². The number of thiazole rings is 1. The van der Waals surface area contributed by atoms with Crippen molar-refractivity contribution in [2.75, 3.05) is 53.5 Å². The van der Waals surface area contributed by atoms with E-state index in [1.807, 2.05) is 16.5 Å². The smallest absolute Gasteiger partial charge is 0.274 e. The second-order valence-electron chi connectivity index (χ2n) is 7.99. The first-order valence-corrected chi connectivity index (χ1v) is 11.2. The summed E-state index contributed by atoms with van der Waals surface area (Å²) in [6.45, 7) is 6.09. The normalized spacial score (nSPS) is 22.6. The fourth-order valence-corrected chi connectivity index (χ4v) is 5.13.